The first kappa shape index (κ1) is 28.4. The second-order valence-corrected chi connectivity index (χ2v) is 11.2. The van der Waals surface area contributed by atoms with Crippen LogP contribution in [0.5, 0.6) is 0 Å². The second kappa shape index (κ2) is 10.7. The molecule has 3 aliphatic heterocycles. The van der Waals surface area contributed by atoms with Crippen molar-refractivity contribution in [1.82, 2.24) is 35.7 Å². The highest BCUT2D eigenvalue weighted by Gasteiger charge is 2.56. The molecule has 0 aliphatic carbocycles. The summed E-state index contributed by atoms with van der Waals surface area (Å²) in [6, 6.07) is 0. The quantitative estimate of drug-likeness (QED) is 0.119. The fourth-order valence-corrected chi connectivity index (χ4v) is 4.99. The third-order valence-electron chi connectivity index (χ3n) is 6.47. The molecule has 3 fully saturated rings. The van der Waals surface area contributed by atoms with Gasteiger partial charge < -0.3 is 35.0 Å². The largest absolute Gasteiger partial charge is 0.469 e. The zero-order valence-corrected chi connectivity index (χ0v) is 22.6. The van der Waals surface area contributed by atoms with Gasteiger partial charge in [0.1, 0.15) is 29.5 Å². The molecule has 2 aromatic rings. The number of rotatable bonds is 9. The lowest BCUT2D eigenvalue weighted by Crippen LogP contribution is -2.32. The van der Waals surface area contributed by atoms with Gasteiger partial charge >= 0.3 is 7.82 Å². The zero-order valence-electron chi connectivity index (χ0n) is 21.7. The Hall–Kier alpha value is -3.15. The van der Waals surface area contributed by atoms with Crippen LogP contribution in [0.25, 0.3) is 11.2 Å². The average Bonchev–Trinajstić information content (AvgIpc) is 3.19. The van der Waals surface area contributed by atoms with Crippen LogP contribution in [0.2, 0.25) is 0 Å². The van der Waals surface area contributed by atoms with Crippen LogP contribution in [-0.4, -0.2) is 78.1 Å². The monoisotopic (exact) mass is 576 g/mol. The van der Waals surface area contributed by atoms with Crippen LogP contribution in [0.15, 0.2) is 6.33 Å². The minimum absolute atomic E-state index is 0.0572. The molecule has 2 unspecified atom stereocenters. The Balaban J connectivity index is 1.30. The molecule has 2 aromatic heterocycles. The Morgan fingerprint density at radius 1 is 1.32 bits per heavy atom. The van der Waals surface area contributed by atoms with Gasteiger partial charge in [-0.15, -0.1) is 12.3 Å². The molecule has 3 aliphatic rings. The number of hydrazine groups is 1. The molecule has 3 saturated heterocycles. The number of amides is 1. The van der Waals surface area contributed by atoms with Gasteiger partial charge in [-0.25, -0.2) is 30.4 Å². The molecule has 7 N–H and O–H groups in total. The van der Waals surface area contributed by atoms with Gasteiger partial charge in [0.15, 0.2) is 23.5 Å². The number of fused-ring (bicyclic) bond motifs is 2. The zero-order chi connectivity index (χ0) is 28.7. The van der Waals surface area contributed by atoms with Gasteiger partial charge in [-0.3, -0.25) is 13.9 Å². The molecule has 0 saturated carbocycles. The topological polar surface area (TPSA) is 237 Å². The lowest BCUT2D eigenvalue weighted by atomic mass is 10.1. The van der Waals surface area contributed by atoms with E-state index < -0.39 is 50.4 Å². The maximum absolute atomic E-state index is 12.3. The van der Waals surface area contributed by atoms with Gasteiger partial charge in [-0.1, -0.05) is 5.92 Å². The number of nitrogens with zero attached hydrogens (tertiary/aromatic N) is 4. The second-order valence-electron chi connectivity index (χ2n) is 9.96. The number of nitrogens with one attached hydrogen (secondary N) is 3. The number of nitrogens with two attached hydrogens (primary N) is 1. The number of terminal acetylenes is 1. The highest BCUT2D eigenvalue weighted by molar-refractivity contribution is 7.46. The summed E-state index contributed by atoms with van der Waals surface area (Å²) in [6.45, 7) is 3.07. The molecule has 1 amide bonds. The first-order valence-electron chi connectivity index (χ1n) is 12.3. The van der Waals surface area contributed by atoms with Crippen molar-refractivity contribution in [2.24, 2.45) is 0 Å². The van der Waals surface area contributed by atoms with E-state index in [0.29, 0.717) is 24.0 Å². The first-order valence-corrected chi connectivity index (χ1v) is 13.9. The number of carbonyl (C=O) groups excluding carboxylic acids is 1. The van der Waals surface area contributed by atoms with E-state index in [1.54, 1.807) is 18.4 Å². The number of phosphoric ester groups is 1. The molecular formula is C23H29N8O8P. The standard InChI is InChI=1S/C23H29N8O8P/c1-4-5-8-23(29-30-23)10-15(32)25-9-6-7-14-27-19(24)16-20(28-14)31(12-26-16)21-18-17(38-22(2,3)39-18)13(37-21)11-36-40(33,34)35/h1,12-13,17-18,21,29-30H,5,8-11H2,2-3H3,(H,25,32)(H2,24,27,28)(H2,33,34,35)/t13-,17?,18?,21-/m0/s1. The van der Waals surface area contributed by atoms with Crippen molar-refractivity contribution in [1.29, 1.82) is 0 Å². The summed E-state index contributed by atoms with van der Waals surface area (Å²) in [7, 11) is -4.74. The Morgan fingerprint density at radius 3 is 2.77 bits per heavy atom. The molecule has 0 spiro atoms. The number of anilines is 1. The molecule has 214 valence electrons. The minimum Gasteiger partial charge on any atom is -0.382 e. The summed E-state index contributed by atoms with van der Waals surface area (Å²) < 4.78 is 35.5. The molecule has 40 heavy (non-hydrogen) atoms. The normalized spacial score (nSPS) is 26.1. The van der Waals surface area contributed by atoms with E-state index in [1.165, 1.54) is 6.33 Å². The molecule has 5 rings (SSSR count). The van der Waals surface area contributed by atoms with E-state index in [0.717, 1.165) is 0 Å². The van der Waals surface area contributed by atoms with Gasteiger partial charge in [0.2, 0.25) is 11.7 Å². The van der Waals surface area contributed by atoms with Gasteiger partial charge in [0.05, 0.1) is 25.9 Å². The Morgan fingerprint density at radius 2 is 2.08 bits per heavy atom. The molecule has 5 heterocycles. The molecule has 17 heteroatoms. The van der Waals surface area contributed by atoms with E-state index in [9.17, 15) is 9.36 Å². The van der Waals surface area contributed by atoms with Crippen molar-refractivity contribution >= 4 is 30.7 Å². The fourth-order valence-electron chi connectivity index (χ4n) is 4.65. The minimum atomic E-state index is -4.74. The van der Waals surface area contributed by atoms with Crippen LogP contribution in [-0.2, 0) is 28.1 Å². The molecular weight excluding hydrogens is 547 g/mol. The molecule has 0 bridgehead atoms. The smallest absolute Gasteiger partial charge is 0.382 e. The van der Waals surface area contributed by atoms with Crippen LogP contribution in [0.4, 0.5) is 5.82 Å². The molecule has 4 atom stereocenters. The number of hydrogen-bond donors (Lipinski definition) is 6. The van der Waals surface area contributed by atoms with Gasteiger partial charge in [0.25, 0.3) is 0 Å². The van der Waals surface area contributed by atoms with Crippen molar-refractivity contribution in [2.45, 2.75) is 69.1 Å². The summed E-state index contributed by atoms with van der Waals surface area (Å²) in [5.74, 6) is 7.15. The number of nitrogen functional groups attached to an aromatic ring is 1. The number of aromatic nitrogens is 4. The van der Waals surface area contributed by atoms with Crippen molar-refractivity contribution in [3.8, 4) is 24.2 Å². The SMILES string of the molecule is C#CCCC1(CC(=O)NCC#Cc2nc(N)c3ncn([C@H]4O[C@@H](COP(=O)(O)O)C5OC(C)(C)OC54)c3n2)NN1. The highest BCUT2D eigenvalue weighted by Crippen LogP contribution is 2.45. The number of phosphoric acid groups is 1. The fraction of sp³-hybridized carbons (Fsp3) is 0.565. The van der Waals surface area contributed by atoms with Crippen LogP contribution >= 0.6 is 7.82 Å². The molecule has 16 nitrogen and oxygen atoms in total. The summed E-state index contributed by atoms with van der Waals surface area (Å²) >= 11 is 0. The highest BCUT2D eigenvalue weighted by atomic mass is 31.2. The Kier molecular flexibility index (Phi) is 7.58. The summed E-state index contributed by atoms with van der Waals surface area (Å²) in [4.78, 5) is 43.5. The predicted octanol–water partition coefficient (Wildman–Crippen LogP) is -0.989. The summed E-state index contributed by atoms with van der Waals surface area (Å²) in [5, 5.41) is 2.72. The van der Waals surface area contributed by atoms with E-state index in [-0.39, 0.29) is 30.5 Å². The third kappa shape index (κ3) is 6.26. The lowest BCUT2D eigenvalue weighted by molar-refractivity contribution is -0.199. The van der Waals surface area contributed by atoms with Crippen molar-refractivity contribution in [3.05, 3.63) is 12.2 Å². The maximum atomic E-state index is 12.3. The van der Waals surface area contributed by atoms with E-state index in [2.05, 4.69) is 53.4 Å². The van der Waals surface area contributed by atoms with Gasteiger partial charge in [-0.2, -0.15) is 0 Å². The summed E-state index contributed by atoms with van der Waals surface area (Å²) in [5.41, 5.74) is 12.2. The van der Waals surface area contributed by atoms with Crippen LogP contribution in [0, 0.1) is 24.2 Å². The summed E-state index contributed by atoms with van der Waals surface area (Å²) in [6.07, 6.45) is 5.08. The van der Waals surface area contributed by atoms with E-state index in [1.807, 2.05) is 0 Å². The van der Waals surface area contributed by atoms with Crippen molar-refractivity contribution < 1.29 is 37.9 Å². The molecule has 0 radical (unpaired) electrons. The van der Waals surface area contributed by atoms with Gasteiger partial charge in [0, 0.05) is 6.42 Å². The van der Waals surface area contributed by atoms with Crippen LogP contribution in [0.3, 0.4) is 0 Å². The van der Waals surface area contributed by atoms with E-state index in [4.69, 9.17) is 36.2 Å². The van der Waals surface area contributed by atoms with E-state index >= 15 is 0 Å². The Labute approximate surface area is 228 Å². The lowest BCUT2D eigenvalue weighted by Gasteiger charge is -2.24. The number of imidazole rings is 1. The Bertz CT molecular complexity index is 1450. The van der Waals surface area contributed by atoms with Crippen molar-refractivity contribution in [2.75, 3.05) is 18.9 Å². The molecule has 0 aromatic carbocycles. The van der Waals surface area contributed by atoms with Crippen LogP contribution in [0.1, 0.15) is 45.2 Å². The number of carbonyl (C=O) groups is 1. The average molecular weight is 577 g/mol. The number of hydrogen-bond acceptors (Lipinski definition) is 12. The maximum Gasteiger partial charge on any atom is 0.469 e. The first-order chi connectivity index (χ1) is 18.9. The number of ether oxygens (including phenoxy) is 3. The van der Waals surface area contributed by atoms with Crippen molar-refractivity contribution in [3.63, 3.8) is 0 Å². The third-order valence-corrected chi connectivity index (χ3v) is 6.95. The van der Waals surface area contributed by atoms with Gasteiger partial charge in [-0.05, 0) is 26.2 Å². The predicted molar refractivity (Wildman–Crippen MR) is 137 cm³/mol. The van der Waals surface area contributed by atoms with Crippen LogP contribution < -0.4 is 21.9 Å².